The average Bonchev–Trinajstić information content (AvgIpc) is 3.14. The number of fused-ring (bicyclic) bond motifs is 2. The fraction of sp³-hybridized carbons (Fsp3) is 0. The number of rotatable bonds is 3. The van der Waals surface area contributed by atoms with Gasteiger partial charge in [-0.05, 0) is 30.3 Å². The van der Waals surface area contributed by atoms with E-state index in [-0.39, 0.29) is 4.90 Å². The van der Waals surface area contributed by atoms with Gasteiger partial charge in [-0.25, -0.2) is 8.42 Å². The zero-order valence-corrected chi connectivity index (χ0v) is 12.6. The number of anilines is 1. The van der Waals surface area contributed by atoms with E-state index in [4.69, 9.17) is 0 Å². The van der Waals surface area contributed by atoms with Crippen LogP contribution in [-0.2, 0) is 10.0 Å². The van der Waals surface area contributed by atoms with Crippen LogP contribution in [0.2, 0.25) is 0 Å². The third-order valence-electron chi connectivity index (χ3n) is 3.23. The van der Waals surface area contributed by atoms with Crippen LogP contribution in [0.25, 0.3) is 21.9 Å². The van der Waals surface area contributed by atoms with Crippen LogP contribution in [0, 0.1) is 0 Å². The largest absolute Gasteiger partial charge is 0.280 e. The number of nitrogens with one attached hydrogen (secondary N) is 2. The van der Waals surface area contributed by atoms with Crippen molar-refractivity contribution < 1.29 is 8.42 Å². The highest BCUT2D eigenvalue weighted by molar-refractivity contribution is 7.93. The zero-order valence-electron chi connectivity index (χ0n) is 11.0. The smallest absolute Gasteiger partial charge is 0.264 e. The molecule has 22 heavy (non-hydrogen) atoms. The van der Waals surface area contributed by atoms with Crippen molar-refractivity contribution in [3.05, 3.63) is 42.6 Å². The maximum Gasteiger partial charge on any atom is 0.264 e. The van der Waals surface area contributed by atoms with Crippen LogP contribution in [0.15, 0.2) is 47.5 Å². The number of nitrogens with zero attached hydrogens (tertiary/aromatic N) is 3. The summed E-state index contributed by atoms with van der Waals surface area (Å²) in [4.78, 5) is 0.117. The quantitative estimate of drug-likeness (QED) is 0.600. The summed E-state index contributed by atoms with van der Waals surface area (Å²) in [6.45, 7) is 0. The van der Waals surface area contributed by atoms with Crippen molar-refractivity contribution in [3.8, 4) is 0 Å². The van der Waals surface area contributed by atoms with Gasteiger partial charge in [0.15, 0.2) is 0 Å². The molecule has 0 amide bonds. The first kappa shape index (κ1) is 13.2. The molecule has 0 aliphatic carbocycles. The minimum absolute atomic E-state index is 0.117. The lowest BCUT2D eigenvalue weighted by Gasteiger charge is -2.08. The van der Waals surface area contributed by atoms with E-state index in [0.717, 1.165) is 22.6 Å². The lowest BCUT2D eigenvalue weighted by atomic mass is 10.2. The Bertz CT molecular complexity index is 1080. The monoisotopic (exact) mass is 331 g/mol. The van der Waals surface area contributed by atoms with Crippen molar-refractivity contribution in [2.75, 3.05) is 4.72 Å². The Balaban J connectivity index is 1.78. The van der Waals surface area contributed by atoms with Crippen LogP contribution in [0.4, 0.5) is 5.69 Å². The highest BCUT2D eigenvalue weighted by Crippen LogP contribution is 2.24. The van der Waals surface area contributed by atoms with Gasteiger partial charge in [-0.2, -0.15) is 13.8 Å². The zero-order chi connectivity index (χ0) is 15.2. The van der Waals surface area contributed by atoms with Gasteiger partial charge in [0.2, 0.25) is 0 Å². The number of aromatic amines is 1. The number of sulfonamides is 1. The summed E-state index contributed by atoms with van der Waals surface area (Å²) in [6.07, 6.45) is 1.64. The molecular weight excluding hydrogens is 322 g/mol. The second-order valence-corrected chi connectivity index (χ2v) is 6.84. The number of H-pyrrole nitrogens is 1. The number of hydrogen-bond donors (Lipinski definition) is 2. The summed E-state index contributed by atoms with van der Waals surface area (Å²) in [6, 6.07) is 10.1. The molecule has 0 spiro atoms. The predicted molar refractivity (Wildman–Crippen MR) is 84.3 cm³/mol. The van der Waals surface area contributed by atoms with Gasteiger partial charge in [0.05, 0.1) is 23.4 Å². The molecule has 9 heteroatoms. The minimum atomic E-state index is -3.74. The standard InChI is InChI=1S/C13H9N5O2S2/c19-22(20,12-3-1-2-11-13(12)17-21-16-11)18-9-4-5-10-8(6-9)7-14-15-10/h1-7,18H,(H,14,15). The lowest BCUT2D eigenvalue weighted by molar-refractivity contribution is 0.602. The van der Waals surface area contributed by atoms with Gasteiger partial charge < -0.3 is 0 Å². The second kappa shape index (κ2) is 4.75. The number of aromatic nitrogens is 4. The van der Waals surface area contributed by atoms with E-state index < -0.39 is 10.0 Å². The van der Waals surface area contributed by atoms with Crippen LogP contribution >= 0.6 is 11.7 Å². The third-order valence-corrected chi connectivity index (χ3v) is 5.19. The molecule has 0 bridgehead atoms. The Morgan fingerprint density at radius 1 is 1.14 bits per heavy atom. The van der Waals surface area contributed by atoms with E-state index in [1.807, 2.05) is 0 Å². The second-order valence-electron chi connectivity index (χ2n) is 4.67. The maximum atomic E-state index is 12.6. The maximum absolute atomic E-state index is 12.6. The number of benzene rings is 2. The van der Waals surface area contributed by atoms with E-state index in [0.29, 0.717) is 16.7 Å². The van der Waals surface area contributed by atoms with Crippen LogP contribution < -0.4 is 4.72 Å². The fourth-order valence-corrected chi connectivity index (χ4v) is 4.03. The van der Waals surface area contributed by atoms with Crippen molar-refractivity contribution in [3.63, 3.8) is 0 Å². The van der Waals surface area contributed by atoms with Gasteiger partial charge in [0.25, 0.3) is 10.0 Å². The minimum Gasteiger partial charge on any atom is -0.280 e. The Labute approximate surface area is 129 Å². The van der Waals surface area contributed by atoms with E-state index in [9.17, 15) is 8.42 Å². The highest BCUT2D eigenvalue weighted by Gasteiger charge is 2.19. The topological polar surface area (TPSA) is 101 Å². The van der Waals surface area contributed by atoms with Crippen LogP contribution in [0.5, 0.6) is 0 Å². The molecule has 4 rings (SSSR count). The van der Waals surface area contributed by atoms with Crippen molar-refractivity contribution in [1.29, 1.82) is 0 Å². The molecule has 110 valence electrons. The van der Waals surface area contributed by atoms with E-state index >= 15 is 0 Å². The third kappa shape index (κ3) is 2.11. The molecule has 0 radical (unpaired) electrons. The Morgan fingerprint density at radius 3 is 2.95 bits per heavy atom. The molecule has 2 heterocycles. The Hall–Kier alpha value is -2.52. The molecule has 2 N–H and O–H groups in total. The summed E-state index contributed by atoms with van der Waals surface area (Å²) >= 11 is 0.988. The average molecular weight is 331 g/mol. The molecule has 2 aromatic heterocycles. The van der Waals surface area contributed by atoms with Gasteiger partial charge in [-0.3, -0.25) is 9.82 Å². The summed E-state index contributed by atoms with van der Waals surface area (Å²) in [7, 11) is -3.74. The van der Waals surface area contributed by atoms with Gasteiger partial charge in [-0.15, -0.1) is 0 Å². The lowest BCUT2D eigenvalue weighted by Crippen LogP contribution is -2.13. The van der Waals surface area contributed by atoms with Crippen molar-refractivity contribution >= 4 is 49.4 Å². The highest BCUT2D eigenvalue weighted by atomic mass is 32.2. The summed E-state index contributed by atoms with van der Waals surface area (Å²) in [5.41, 5.74) is 2.25. The van der Waals surface area contributed by atoms with Gasteiger partial charge in [0.1, 0.15) is 15.9 Å². The van der Waals surface area contributed by atoms with E-state index in [1.165, 1.54) is 6.07 Å². The van der Waals surface area contributed by atoms with E-state index in [1.54, 1.807) is 36.5 Å². The van der Waals surface area contributed by atoms with Crippen LogP contribution in [-0.4, -0.2) is 27.4 Å². The molecule has 0 atom stereocenters. The van der Waals surface area contributed by atoms with Crippen LogP contribution in [0.3, 0.4) is 0 Å². The SMILES string of the molecule is O=S(=O)(Nc1ccc2[nH]ncc2c1)c1cccc2nsnc12. The molecule has 0 saturated carbocycles. The Morgan fingerprint density at radius 2 is 2.05 bits per heavy atom. The molecule has 0 aliphatic heterocycles. The van der Waals surface area contributed by atoms with Crippen molar-refractivity contribution in [1.82, 2.24) is 18.9 Å². The van der Waals surface area contributed by atoms with Gasteiger partial charge >= 0.3 is 0 Å². The normalized spacial score (nSPS) is 12.0. The summed E-state index contributed by atoms with van der Waals surface area (Å²) in [5, 5.41) is 7.56. The molecule has 2 aromatic carbocycles. The van der Waals surface area contributed by atoms with Crippen molar-refractivity contribution in [2.24, 2.45) is 0 Å². The molecule has 4 aromatic rings. The number of hydrogen-bond acceptors (Lipinski definition) is 6. The van der Waals surface area contributed by atoms with Crippen LogP contribution in [0.1, 0.15) is 0 Å². The van der Waals surface area contributed by atoms with Gasteiger partial charge in [0, 0.05) is 11.1 Å². The molecule has 0 saturated heterocycles. The molecular formula is C13H9N5O2S2. The summed E-state index contributed by atoms with van der Waals surface area (Å²) < 4.78 is 35.9. The van der Waals surface area contributed by atoms with Crippen molar-refractivity contribution in [2.45, 2.75) is 4.90 Å². The van der Waals surface area contributed by atoms with Gasteiger partial charge in [-0.1, -0.05) is 6.07 Å². The molecule has 0 unspecified atom stereocenters. The Kier molecular flexibility index (Phi) is 2.84. The predicted octanol–water partition coefficient (Wildman–Crippen LogP) is 2.37. The molecule has 7 nitrogen and oxygen atoms in total. The molecule has 0 aliphatic rings. The van der Waals surface area contributed by atoms with E-state index in [2.05, 4.69) is 23.7 Å². The first-order chi connectivity index (χ1) is 10.6. The molecule has 0 fully saturated rings. The first-order valence-electron chi connectivity index (χ1n) is 6.31. The fourth-order valence-electron chi connectivity index (χ4n) is 2.21. The summed E-state index contributed by atoms with van der Waals surface area (Å²) in [5.74, 6) is 0. The first-order valence-corrected chi connectivity index (χ1v) is 8.52.